The minimum Gasteiger partial charge on any atom is -0.496 e. The number of likely N-dealkylation sites (tertiary alicyclic amines) is 1. The zero-order valence-corrected chi connectivity index (χ0v) is 18.2. The van der Waals surface area contributed by atoms with Crippen LogP contribution in [0.3, 0.4) is 0 Å². The van der Waals surface area contributed by atoms with Crippen LogP contribution in [0.25, 0.3) is 0 Å². The molecule has 1 N–H and O–H groups in total. The summed E-state index contributed by atoms with van der Waals surface area (Å²) in [6.45, 7) is 4.92. The number of methoxy groups -OCH3 is 1. The Hall–Kier alpha value is -2.99. The number of ketones is 2. The number of hydrogen-bond acceptors (Lipinski definition) is 4. The Kier molecular flexibility index (Phi) is 6.37. The minimum atomic E-state index is -1.05. The third-order valence-corrected chi connectivity index (χ3v) is 5.64. The molecule has 0 aromatic heterocycles. The summed E-state index contributed by atoms with van der Waals surface area (Å²) in [5.41, 5.74) is 3.10. The quantitative estimate of drug-likeness (QED) is 0.427. The zero-order chi connectivity index (χ0) is 22.0. The first kappa shape index (κ1) is 21.7. The second-order valence-corrected chi connectivity index (χ2v) is 8.20. The van der Waals surface area contributed by atoms with Crippen molar-refractivity contribution in [3.8, 4) is 5.75 Å². The lowest BCUT2D eigenvalue weighted by atomic mass is 9.85. The molecule has 6 nitrogen and oxygen atoms in total. The second kappa shape index (κ2) is 8.79. The number of carbonyl (C=O) groups excluding carboxylic acids is 3. The molecule has 0 bridgehead atoms. The van der Waals surface area contributed by atoms with Crippen molar-refractivity contribution in [3.05, 3.63) is 64.7 Å². The molecule has 0 spiro atoms. The lowest BCUT2D eigenvalue weighted by Gasteiger charge is -2.27. The fourth-order valence-corrected chi connectivity index (χ4v) is 3.92. The van der Waals surface area contributed by atoms with Gasteiger partial charge in [0.15, 0.2) is 5.78 Å². The van der Waals surface area contributed by atoms with Crippen molar-refractivity contribution in [2.75, 3.05) is 34.3 Å². The van der Waals surface area contributed by atoms with Crippen LogP contribution in [0.15, 0.2) is 42.5 Å². The maximum absolute atomic E-state index is 13.4. The van der Waals surface area contributed by atoms with E-state index in [1.165, 1.54) is 4.90 Å². The number of amides is 1. The van der Waals surface area contributed by atoms with Gasteiger partial charge in [0.05, 0.1) is 40.3 Å². The molecule has 2 atom stereocenters. The highest BCUT2D eigenvalue weighted by Gasteiger charge is 2.51. The van der Waals surface area contributed by atoms with Gasteiger partial charge in [0, 0.05) is 5.56 Å². The summed E-state index contributed by atoms with van der Waals surface area (Å²) in [5, 5.41) is 0. The van der Waals surface area contributed by atoms with E-state index in [1.54, 1.807) is 30.2 Å². The first-order valence-corrected chi connectivity index (χ1v) is 10.1. The number of rotatable bonds is 7. The Labute approximate surface area is 177 Å². The van der Waals surface area contributed by atoms with Crippen molar-refractivity contribution < 1.29 is 24.0 Å². The molecule has 1 heterocycles. The van der Waals surface area contributed by atoms with Crippen LogP contribution in [-0.2, 0) is 9.59 Å². The van der Waals surface area contributed by atoms with Crippen LogP contribution in [0.5, 0.6) is 5.75 Å². The largest absolute Gasteiger partial charge is 0.496 e. The van der Waals surface area contributed by atoms with Crippen molar-refractivity contribution in [1.82, 2.24) is 4.90 Å². The first-order chi connectivity index (χ1) is 14.2. The van der Waals surface area contributed by atoms with E-state index in [2.05, 4.69) is 0 Å². The lowest BCUT2D eigenvalue weighted by Crippen LogP contribution is -3.06. The van der Waals surface area contributed by atoms with Crippen LogP contribution >= 0.6 is 0 Å². The molecule has 1 aliphatic heterocycles. The van der Waals surface area contributed by atoms with Gasteiger partial charge in [-0.25, -0.2) is 0 Å². The number of ether oxygens (including phenoxy) is 1. The molecule has 1 aliphatic rings. The van der Waals surface area contributed by atoms with Gasteiger partial charge in [-0.2, -0.15) is 0 Å². The van der Waals surface area contributed by atoms with E-state index in [0.717, 1.165) is 16.7 Å². The number of nitrogens with zero attached hydrogens (tertiary/aromatic N) is 1. The molecule has 1 saturated heterocycles. The summed E-state index contributed by atoms with van der Waals surface area (Å²) < 4.78 is 5.27. The Balaban J connectivity index is 2.04. The maximum atomic E-state index is 13.4. The van der Waals surface area contributed by atoms with Gasteiger partial charge in [0.2, 0.25) is 5.78 Å². The summed E-state index contributed by atoms with van der Waals surface area (Å²) in [6, 6.07) is 12.2. The Bertz CT molecular complexity index is 966. The molecule has 30 heavy (non-hydrogen) atoms. The van der Waals surface area contributed by atoms with Crippen LogP contribution in [-0.4, -0.2) is 56.7 Å². The molecular weight excluding hydrogens is 380 g/mol. The van der Waals surface area contributed by atoms with Crippen LogP contribution in [0.4, 0.5) is 0 Å². The topological polar surface area (TPSA) is 68.1 Å². The number of Topliss-reactive ketones (excluding diaryl/α,β-unsaturated/α-hetero) is 2. The van der Waals surface area contributed by atoms with Crippen molar-refractivity contribution >= 4 is 17.5 Å². The summed E-state index contributed by atoms with van der Waals surface area (Å²) in [5.74, 6) is -1.92. The maximum Gasteiger partial charge on any atom is 0.291 e. The number of nitrogens with one attached hydrogen (secondary N) is 1. The molecule has 2 aromatic rings. The molecule has 0 radical (unpaired) electrons. The van der Waals surface area contributed by atoms with Crippen molar-refractivity contribution in [2.24, 2.45) is 5.92 Å². The van der Waals surface area contributed by atoms with Crippen LogP contribution < -0.4 is 9.64 Å². The number of likely N-dealkylation sites (N-methyl/N-ethyl adjacent to an activating group) is 1. The molecule has 0 aliphatic carbocycles. The second-order valence-electron chi connectivity index (χ2n) is 8.20. The Morgan fingerprint density at radius 2 is 1.73 bits per heavy atom. The number of aryl methyl sites for hydroxylation is 2. The van der Waals surface area contributed by atoms with Gasteiger partial charge in [0.25, 0.3) is 5.91 Å². The van der Waals surface area contributed by atoms with Gasteiger partial charge in [-0.15, -0.1) is 0 Å². The predicted octanol–water partition coefficient (Wildman–Crippen LogP) is 1.41. The summed E-state index contributed by atoms with van der Waals surface area (Å²) in [4.78, 5) is 42.0. The van der Waals surface area contributed by atoms with Crippen LogP contribution in [0.2, 0.25) is 0 Å². The summed E-state index contributed by atoms with van der Waals surface area (Å²) in [6.07, 6.45) is 0. The molecule has 2 aromatic carbocycles. The highest BCUT2D eigenvalue weighted by Crippen LogP contribution is 2.38. The van der Waals surface area contributed by atoms with Crippen molar-refractivity contribution in [2.45, 2.75) is 19.9 Å². The van der Waals surface area contributed by atoms with E-state index in [-0.39, 0.29) is 5.78 Å². The standard InChI is InChI=1S/C24H28N2O4/c1-15-6-8-17(9-7-15)21-20(23(28)24(29)26(21)13-12-25(3)4)22(27)18-10-11-19(30-5)16(2)14-18/h6-11,14,20-21H,12-13H2,1-5H3/p+1. The smallest absolute Gasteiger partial charge is 0.291 e. The predicted molar refractivity (Wildman–Crippen MR) is 114 cm³/mol. The lowest BCUT2D eigenvalue weighted by molar-refractivity contribution is -0.857. The molecule has 1 amide bonds. The molecule has 6 heteroatoms. The normalized spacial score (nSPS) is 18.9. The average molecular weight is 410 g/mol. The Morgan fingerprint density at radius 1 is 1.07 bits per heavy atom. The molecular formula is C24H29N2O4+. The van der Waals surface area contributed by atoms with E-state index >= 15 is 0 Å². The third-order valence-electron chi connectivity index (χ3n) is 5.64. The molecule has 2 unspecified atom stereocenters. The van der Waals surface area contributed by atoms with Gasteiger partial charge in [-0.05, 0) is 43.2 Å². The van der Waals surface area contributed by atoms with E-state index in [0.29, 0.717) is 24.4 Å². The summed E-state index contributed by atoms with van der Waals surface area (Å²) in [7, 11) is 5.55. The number of hydrogen-bond donors (Lipinski definition) is 1. The Morgan fingerprint density at radius 3 is 2.30 bits per heavy atom. The first-order valence-electron chi connectivity index (χ1n) is 10.1. The van der Waals surface area contributed by atoms with Crippen LogP contribution in [0.1, 0.15) is 33.1 Å². The van der Waals surface area contributed by atoms with Gasteiger partial charge in [-0.3, -0.25) is 14.4 Å². The van der Waals surface area contributed by atoms with E-state index in [4.69, 9.17) is 4.74 Å². The van der Waals surface area contributed by atoms with E-state index < -0.39 is 23.7 Å². The fraction of sp³-hybridized carbons (Fsp3) is 0.375. The van der Waals surface area contributed by atoms with Crippen LogP contribution in [0, 0.1) is 19.8 Å². The van der Waals surface area contributed by atoms with Crippen molar-refractivity contribution in [3.63, 3.8) is 0 Å². The minimum absolute atomic E-state index is 0.329. The highest BCUT2D eigenvalue weighted by atomic mass is 16.5. The number of carbonyl (C=O) groups is 3. The van der Waals surface area contributed by atoms with Gasteiger partial charge in [-0.1, -0.05) is 29.8 Å². The fourth-order valence-electron chi connectivity index (χ4n) is 3.92. The van der Waals surface area contributed by atoms with E-state index in [1.807, 2.05) is 52.2 Å². The molecule has 1 fully saturated rings. The highest BCUT2D eigenvalue weighted by molar-refractivity contribution is 6.44. The van der Waals surface area contributed by atoms with E-state index in [9.17, 15) is 14.4 Å². The zero-order valence-electron chi connectivity index (χ0n) is 18.2. The van der Waals surface area contributed by atoms with Gasteiger partial charge in [0.1, 0.15) is 11.7 Å². The third kappa shape index (κ3) is 4.14. The van der Waals surface area contributed by atoms with Crippen molar-refractivity contribution in [1.29, 1.82) is 0 Å². The summed E-state index contributed by atoms with van der Waals surface area (Å²) >= 11 is 0. The molecule has 0 saturated carbocycles. The monoisotopic (exact) mass is 409 g/mol. The SMILES string of the molecule is COc1ccc(C(=O)C2C(=O)C(=O)N(CC[NH+](C)C)C2c2ccc(C)cc2)cc1C. The van der Waals surface area contributed by atoms with Gasteiger partial charge >= 0.3 is 0 Å². The average Bonchev–Trinajstić information content (AvgIpc) is 2.96. The number of quaternary nitrogens is 1. The molecule has 158 valence electrons. The van der Waals surface area contributed by atoms with Gasteiger partial charge < -0.3 is 14.5 Å². The number of benzene rings is 2. The molecule has 3 rings (SSSR count).